The number of rotatable bonds is 4. The first-order valence-corrected chi connectivity index (χ1v) is 5.99. The van der Waals surface area contributed by atoms with Crippen molar-refractivity contribution in [2.24, 2.45) is 5.92 Å². The molecule has 102 valence electrons. The van der Waals surface area contributed by atoms with Crippen molar-refractivity contribution in [3.63, 3.8) is 0 Å². The number of nitriles is 1. The summed E-state index contributed by atoms with van der Waals surface area (Å²) in [4.78, 5) is 13.6. The standard InChI is InChI=1S/C14H19N3O2/c1-9(7-15)8-17(3)11-5-10(2)13(16)12(6-11)14(18)19-4/h5-6,9H,8,16H2,1-4H3. The van der Waals surface area contributed by atoms with Crippen molar-refractivity contribution in [3.8, 4) is 6.07 Å². The number of carbonyl (C=O) groups is 1. The molecule has 0 aliphatic carbocycles. The van der Waals surface area contributed by atoms with E-state index in [1.54, 1.807) is 6.07 Å². The molecule has 19 heavy (non-hydrogen) atoms. The van der Waals surface area contributed by atoms with E-state index in [1.165, 1.54) is 7.11 Å². The fourth-order valence-electron chi connectivity index (χ4n) is 1.84. The zero-order valence-electron chi connectivity index (χ0n) is 11.7. The van der Waals surface area contributed by atoms with E-state index in [-0.39, 0.29) is 5.92 Å². The Morgan fingerprint density at radius 1 is 1.58 bits per heavy atom. The summed E-state index contributed by atoms with van der Waals surface area (Å²) in [7, 11) is 3.20. The van der Waals surface area contributed by atoms with E-state index in [0.717, 1.165) is 11.3 Å². The van der Waals surface area contributed by atoms with E-state index < -0.39 is 5.97 Å². The molecule has 0 amide bonds. The highest BCUT2D eigenvalue weighted by Gasteiger charge is 2.15. The van der Waals surface area contributed by atoms with E-state index in [2.05, 4.69) is 6.07 Å². The van der Waals surface area contributed by atoms with Crippen LogP contribution in [0, 0.1) is 24.2 Å². The lowest BCUT2D eigenvalue weighted by atomic mass is 10.1. The van der Waals surface area contributed by atoms with Gasteiger partial charge in [-0.1, -0.05) is 0 Å². The molecular formula is C14H19N3O2. The van der Waals surface area contributed by atoms with Crippen molar-refractivity contribution >= 4 is 17.3 Å². The van der Waals surface area contributed by atoms with Crippen LogP contribution < -0.4 is 10.6 Å². The predicted octanol–water partition coefficient (Wildman–Crippen LogP) is 1.96. The third-order valence-corrected chi connectivity index (χ3v) is 2.99. The van der Waals surface area contributed by atoms with Gasteiger partial charge in [0.2, 0.25) is 0 Å². The number of anilines is 2. The Balaban J connectivity index is 3.13. The first-order chi connectivity index (χ1) is 8.90. The third-order valence-electron chi connectivity index (χ3n) is 2.99. The molecule has 0 aromatic heterocycles. The van der Waals surface area contributed by atoms with E-state index in [4.69, 9.17) is 15.7 Å². The van der Waals surface area contributed by atoms with Crippen molar-refractivity contribution < 1.29 is 9.53 Å². The van der Waals surface area contributed by atoms with Crippen LogP contribution in [0.15, 0.2) is 12.1 Å². The fourth-order valence-corrected chi connectivity index (χ4v) is 1.84. The second-order valence-corrected chi connectivity index (χ2v) is 4.63. The zero-order chi connectivity index (χ0) is 14.6. The van der Waals surface area contributed by atoms with Gasteiger partial charge in [-0.25, -0.2) is 4.79 Å². The van der Waals surface area contributed by atoms with Gasteiger partial charge in [0, 0.05) is 25.0 Å². The second-order valence-electron chi connectivity index (χ2n) is 4.63. The Labute approximate surface area is 113 Å². The smallest absolute Gasteiger partial charge is 0.340 e. The summed E-state index contributed by atoms with van der Waals surface area (Å²) in [5.74, 6) is -0.548. The zero-order valence-corrected chi connectivity index (χ0v) is 11.7. The summed E-state index contributed by atoms with van der Waals surface area (Å²) < 4.78 is 4.72. The molecule has 0 spiro atoms. The van der Waals surface area contributed by atoms with E-state index in [0.29, 0.717) is 17.8 Å². The molecule has 5 nitrogen and oxygen atoms in total. The molecule has 0 heterocycles. The molecule has 0 radical (unpaired) electrons. The minimum atomic E-state index is -0.454. The monoisotopic (exact) mass is 261 g/mol. The number of benzene rings is 1. The Bertz CT molecular complexity index is 520. The quantitative estimate of drug-likeness (QED) is 0.662. The largest absolute Gasteiger partial charge is 0.465 e. The van der Waals surface area contributed by atoms with Crippen LogP contribution in [0.25, 0.3) is 0 Å². The van der Waals surface area contributed by atoms with Crippen LogP contribution in [-0.4, -0.2) is 26.7 Å². The summed E-state index contributed by atoms with van der Waals surface area (Å²) >= 11 is 0. The van der Waals surface area contributed by atoms with Crippen LogP contribution in [0.1, 0.15) is 22.8 Å². The van der Waals surface area contributed by atoms with Crippen LogP contribution in [0.5, 0.6) is 0 Å². The Morgan fingerprint density at radius 3 is 2.74 bits per heavy atom. The number of hydrogen-bond donors (Lipinski definition) is 1. The molecule has 2 N–H and O–H groups in total. The van der Waals surface area contributed by atoms with Gasteiger partial charge in [0.05, 0.1) is 24.7 Å². The second kappa shape index (κ2) is 6.10. The third kappa shape index (κ3) is 3.38. The van der Waals surface area contributed by atoms with Gasteiger partial charge in [0.25, 0.3) is 0 Å². The highest BCUT2D eigenvalue weighted by molar-refractivity contribution is 5.97. The molecule has 5 heteroatoms. The summed E-state index contributed by atoms with van der Waals surface area (Å²) in [5, 5.41) is 8.84. The molecule has 0 aliphatic heterocycles. The van der Waals surface area contributed by atoms with Gasteiger partial charge in [-0.15, -0.1) is 0 Å². The molecule has 1 aromatic carbocycles. The number of carbonyl (C=O) groups excluding carboxylic acids is 1. The minimum Gasteiger partial charge on any atom is -0.465 e. The average molecular weight is 261 g/mol. The van der Waals surface area contributed by atoms with Crippen molar-refractivity contribution in [2.45, 2.75) is 13.8 Å². The maximum Gasteiger partial charge on any atom is 0.340 e. The van der Waals surface area contributed by atoms with Crippen LogP contribution in [-0.2, 0) is 4.74 Å². The number of nitrogens with two attached hydrogens (primary N) is 1. The molecule has 1 rings (SSSR count). The Morgan fingerprint density at radius 2 is 2.21 bits per heavy atom. The number of nitrogen functional groups attached to an aromatic ring is 1. The van der Waals surface area contributed by atoms with Gasteiger partial charge < -0.3 is 15.4 Å². The van der Waals surface area contributed by atoms with Gasteiger partial charge in [0.15, 0.2) is 0 Å². The van der Waals surface area contributed by atoms with Crippen LogP contribution in [0.3, 0.4) is 0 Å². The number of hydrogen-bond acceptors (Lipinski definition) is 5. The highest BCUT2D eigenvalue weighted by Crippen LogP contribution is 2.25. The molecule has 0 fully saturated rings. The van der Waals surface area contributed by atoms with E-state index in [1.807, 2.05) is 31.9 Å². The van der Waals surface area contributed by atoms with E-state index in [9.17, 15) is 4.79 Å². The molecular weight excluding hydrogens is 242 g/mol. The van der Waals surface area contributed by atoms with E-state index >= 15 is 0 Å². The van der Waals surface area contributed by atoms with Gasteiger partial charge in [-0.3, -0.25) is 0 Å². The lowest BCUT2D eigenvalue weighted by Crippen LogP contribution is -2.24. The molecule has 0 saturated carbocycles. The normalized spacial score (nSPS) is 11.5. The Hall–Kier alpha value is -2.22. The topological polar surface area (TPSA) is 79.3 Å². The maximum atomic E-state index is 11.7. The van der Waals surface area contributed by atoms with Gasteiger partial charge in [-0.05, 0) is 31.5 Å². The van der Waals surface area contributed by atoms with Crippen molar-refractivity contribution in [1.29, 1.82) is 5.26 Å². The summed E-state index contributed by atoms with van der Waals surface area (Å²) in [6, 6.07) is 5.77. The van der Waals surface area contributed by atoms with Gasteiger partial charge in [-0.2, -0.15) is 5.26 Å². The number of nitrogens with zero attached hydrogens (tertiary/aromatic N) is 2. The lowest BCUT2D eigenvalue weighted by molar-refractivity contribution is 0.0602. The average Bonchev–Trinajstić information content (AvgIpc) is 2.40. The summed E-state index contributed by atoms with van der Waals surface area (Å²) in [6.07, 6.45) is 0. The van der Waals surface area contributed by atoms with Crippen LogP contribution in [0.2, 0.25) is 0 Å². The first-order valence-electron chi connectivity index (χ1n) is 5.99. The molecule has 1 atom stereocenters. The van der Waals surface area contributed by atoms with Gasteiger partial charge in [0.1, 0.15) is 0 Å². The SMILES string of the molecule is COC(=O)c1cc(N(C)CC(C)C#N)cc(C)c1N. The lowest BCUT2D eigenvalue weighted by Gasteiger charge is -2.22. The molecule has 1 aromatic rings. The minimum absolute atomic E-state index is 0.0931. The fraction of sp³-hybridized carbons (Fsp3) is 0.429. The predicted molar refractivity (Wildman–Crippen MR) is 75.0 cm³/mol. The molecule has 0 aliphatic rings. The van der Waals surface area contributed by atoms with Crippen molar-refractivity contribution in [3.05, 3.63) is 23.3 Å². The number of methoxy groups -OCH3 is 1. The van der Waals surface area contributed by atoms with Crippen molar-refractivity contribution in [2.75, 3.05) is 31.3 Å². The summed E-state index contributed by atoms with van der Waals surface area (Å²) in [6.45, 7) is 4.27. The maximum absolute atomic E-state index is 11.7. The number of esters is 1. The molecule has 0 bridgehead atoms. The molecule has 0 saturated heterocycles. The van der Waals surface area contributed by atoms with Crippen LogP contribution in [0.4, 0.5) is 11.4 Å². The van der Waals surface area contributed by atoms with Crippen LogP contribution >= 0.6 is 0 Å². The Kier molecular flexibility index (Phi) is 4.76. The first kappa shape index (κ1) is 14.8. The number of aryl methyl sites for hydroxylation is 1. The summed E-state index contributed by atoms with van der Waals surface area (Å²) in [5.41, 5.74) is 8.32. The van der Waals surface area contributed by atoms with Crippen molar-refractivity contribution in [1.82, 2.24) is 0 Å². The van der Waals surface area contributed by atoms with Gasteiger partial charge >= 0.3 is 5.97 Å². The highest BCUT2D eigenvalue weighted by atomic mass is 16.5. The number of ether oxygens (including phenoxy) is 1. The molecule has 1 unspecified atom stereocenters.